The van der Waals surface area contributed by atoms with Crippen molar-refractivity contribution in [2.45, 2.75) is 39.2 Å². The summed E-state index contributed by atoms with van der Waals surface area (Å²) in [7, 11) is 2.14. The fourth-order valence-corrected chi connectivity index (χ4v) is 3.15. The van der Waals surface area contributed by atoms with Gasteiger partial charge < -0.3 is 14.3 Å². The molecule has 0 bridgehead atoms. The van der Waals surface area contributed by atoms with Crippen LogP contribution in [0.15, 0.2) is 23.0 Å². The van der Waals surface area contributed by atoms with Crippen LogP contribution in [-0.2, 0) is 6.42 Å². The van der Waals surface area contributed by atoms with E-state index >= 15 is 0 Å². The van der Waals surface area contributed by atoms with E-state index in [-0.39, 0.29) is 0 Å². The van der Waals surface area contributed by atoms with E-state index in [4.69, 9.17) is 4.52 Å². The van der Waals surface area contributed by atoms with Crippen LogP contribution in [0.25, 0.3) is 0 Å². The Balaban J connectivity index is 1.48. The lowest BCUT2D eigenvalue weighted by molar-refractivity contribution is 0.207. The summed E-state index contributed by atoms with van der Waals surface area (Å²) in [6.07, 6.45) is 4.91. The Bertz CT molecular complexity index is 633. The molecule has 0 radical (unpaired) electrons. The third-order valence-corrected chi connectivity index (χ3v) is 4.61. The summed E-state index contributed by atoms with van der Waals surface area (Å²) in [6, 6.07) is 4.63. The topological polar surface area (TPSA) is 58.3 Å². The van der Waals surface area contributed by atoms with Crippen LogP contribution in [0.4, 0.5) is 5.82 Å². The first-order valence-electron chi connectivity index (χ1n) is 8.28. The van der Waals surface area contributed by atoms with Crippen molar-refractivity contribution >= 4 is 5.82 Å². The predicted molar refractivity (Wildman–Crippen MR) is 89.6 cm³/mol. The van der Waals surface area contributed by atoms with Crippen LogP contribution in [0.2, 0.25) is 0 Å². The number of anilines is 1. The van der Waals surface area contributed by atoms with Crippen LogP contribution >= 0.6 is 0 Å². The Morgan fingerprint density at radius 2 is 1.96 bits per heavy atom. The molecule has 2 aromatic heterocycles. The molecule has 0 saturated carbocycles. The highest BCUT2D eigenvalue weighted by Gasteiger charge is 2.23. The predicted octanol–water partition coefficient (Wildman–Crippen LogP) is 2.22. The van der Waals surface area contributed by atoms with Gasteiger partial charge in [0.1, 0.15) is 17.9 Å². The number of aryl methyl sites for hydroxylation is 2. The number of hydrogen-bond donors (Lipinski definition) is 0. The number of rotatable bonds is 5. The van der Waals surface area contributed by atoms with Crippen molar-refractivity contribution in [2.75, 3.05) is 31.6 Å². The molecular formula is C17H25N5O. The lowest BCUT2D eigenvalue weighted by Crippen LogP contribution is -2.44. The lowest BCUT2D eigenvalue weighted by atomic mass is 10.0. The molecule has 1 fully saturated rings. The molecule has 6 heteroatoms. The van der Waals surface area contributed by atoms with Crippen LogP contribution in [0.1, 0.15) is 30.0 Å². The largest absolute Gasteiger partial charge is 0.361 e. The van der Waals surface area contributed by atoms with Gasteiger partial charge in [-0.25, -0.2) is 9.97 Å². The Kier molecular flexibility index (Phi) is 4.91. The zero-order chi connectivity index (χ0) is 16.2. The first-order chi connectivity index (χ1) is 11.1. The van der Waals surface area contributed by atoms with E-state index < -0.39 is 0 Å². The third kappa shape index (κ3) is 4.07. The monoisotopic (exact) mass is 315 g/mol. The summed E-state index contributed by atoms with van der Waals surface area (Å²) in [4.78, 5) is 13.4. The maximum absolute atomic E-state index is 5.28. The van der Waals surface area contributed by atoms with Crippen molar-refractivity contribution in [3.05, 3.63) is 35.6 Å². The van der Waals surface area contributed by atoms with Crippen molar-refractivity contribution in [2.24, 2.45) is 0 Å². The molecule has 0 N–H and O–H groups in total. The number of likely N-dealkylation sites (tertiary alicyclic amines) is 1. The average Bonchev–Trinajstić information content (AvgIpc) is 2.98. The molecular weight excluding hydrogens is 290 g/mol. The fraction of sp³-hybridized carbons (Fsp3) is 0.588. The second kappa shape index (κ2) is 7.08. The van der Waals surface area contributed by atoms with Crippen molar-refractivity contribution in [3.63, 3.8) is 0 Å². The second-order valence-electron chi connectivity index (χ2n) is 6.39. The first-order valence-corrected chi connectivity index (χ1v) is 8.28. The van der Waals surface area contributed by atoms with Gasteiger partial charge in [-0.3, -0.25) is 0 Å². The molecule has 0 atom stereocenters. The van der Waals surface area contributed by atoms with Gasteiger partial charge in [-0.1, -0.05) is 5.16 Å². The molecule has 0 aliphatic carbocycles. The molecule has 0 aromatic carbocycles. The third-order valence-electron chi connectivity index (χ3n) is 4.61. The molecule has 0 unspecified atom stereocenters. The molecule has 1 aliphatic heterocycles. The van der Waals surface area contributed by atoms with Gasteiger partial charge in [0, 0.05) is 57.0 Å². The van der Waals surface area contributed by atoms with Gasteiger partial charge in [0.2, 0.25) is 0 Å². The molecule has 23 heavy (non-hydrogen) atoms. The summed E-state index contributed by atoms with van der Waals surface area (Å²) in [5.41, 5.74) is 1.97. The summed E-state index contributed by atoms with van der Waals surface area (Å²) in [5, 5.41) is 3.94. The normalized spacial score (nSPS) is 16.7. The number of aromatic nitrogens is 3. The van der Waals surface area contributed by atoms with Crippen LogP contribution in [0.3, 0.4) is 0 Å². The molecule has 1 aliphatic rings. The number of nitrogens with zero attached hydrogens (tertiary/aromatic N) is 5. The highest BCUT2D eigenvalue weighted by atomic mass is 16.5. The number of piperidine rings is 1. The van der Waals surface area contributed by atoms with Crippen LogP contribution in [0.5, 0.6) is 0 Å². The van der Waals surface area contributed by atoms with E-state index in [0.29, 0.717) is 6.04 Å². The Morgan fingerprint density at radius 3 is 2.61 bits per heavy atom. The molecule has 3 rings (SSSR count). The van der Waals surface area contributed by atoms with Gasteiger partial charge in [0.15, 0.2) is 0 Å². The van der Waals surface area contributed by atoms with Gasteiger partial charge in [0.05, 0.1) is 5.69 Å². The van der Waals surface area contributed by atoms with E-state index in [9.17, 15) is 0 Å². The molecule has 3 heterocycles. The minimum atomic E-state index is 0.549. The zero-order valence-corrected chi connectivity index (χ0v) is 14.2. The SMILES string of the molecule is Cc1cc(N(C)C2CCN(CCc3cc(C)no3)CC2)ncn1. The summed E-state index contributed by atoms with van der Waals surface area (Å²) in [6.45, 7) is 7.24. The van der Waals surface area contributed by atoms with Gasteiger partial charge in [-0.05, 0) is 26.7 Å². The van der Waals surface area contributed by atoms with E-state index in [1.165, 1.54) is 0 Å². The Labute approximate surface area is 137 Å². The average molecular weight is 315 g/mol. The highest BCUT2D eigenvalue weighted by molar-refractivity contribution is 5.39. The minimum Gasteiger partial charge on any atom is -0.361 e. The molecule has 1 saturated heterocycles. The highest BCUT2D eigenvalue weighted by Crippen LogP contribution is 2.20. The van der Waals surface area contributed by atoms with Crippen molar-refractivity contribution < 1.29 is 4.52 Å². The van der Waals surface area contributed by atoms with Crippen LogP contribution in [-0.4, -0.2) is 52.7 Å². The maximum atomic E-state index is 5.28. The molecule has 2 aromatic rings. The van der Waals surface area contributed by atoms with Crippen LogP contribution in [0, 0.1) is 13.8 Å². The van der Waals surface area contributed by atoms with E-state index in [1.54, 1.807) is 6.33 Å². The smallest absolute Gasteiger partial charge is 0.138 e. The molecule has 0 amide bonds. The standard InChI is InChI=1S/C17H25N5O/c1-13-11-17(19-12-18-13)21(3)15-4-7-22(8-5-15)9-6-16-10-14(2)20-23-16/h10-12,15H,4-9H2,1-3H3. The Hall–Kier alpha value is -1.95. The van der Waals surface area contributed by atoms with Crippen molar-refractivity contribution in [1.29, 1.82) is 0 Å². The maximum Gasteiger partial charge on any atom is 0.138 e. The van der Waals surface area contributed by atoms with E-state index in [0.717, 1.165) is 61.9 Å². The van der Waals surface area contributed by atoms with Gasteiger partial charge in [-0.2, -0.15) is 0 Å². The van der Waals surface area contributed by atoms with Gasteiger partial charge >= 0.3 is 0 Å². The Morgan fingerprint density at radius 1 is 1.17 bits per heavy atom. The molecule has 6 nitrogen and oxygen atoms in total. The second-order valence-corrected chi connectivity index (χ2v) is 6.39. The molecule has 0 spiro atoms. The van der Waals surface area contributed by atoms with Crippen LogP contribution < -0.4 is 4.90 Å². The van der Waals surface area contributed by atoms with Gasteiger partial charge in [-0.15, -0.1) is 0 Å². The minimum absolute atomic E-state index is 0.549. The zero-order valence-electron chi connectivity index (χ0n) is 14.2. The summed E-state index contributed by atoms with van der Waals surface area (Å²) in [5.74, 6) is 2.01. The summed E-state index contributed by atoms with van der Waals surface area (Å²) >= 11 is 0. The van der Waals surface area contributed by atoms with Crippen molar-refractivity contribution in [3.8, 4) is 0 Å². The fourth-order valence-electron chi connectivity index (χ4n) is 3.15. The first kappa shape index (κ1) is 15.9. The number of hydrogen-bond acceptors (Lipinski definition) is 6. The molecule has 124 valence electrons. The van der Waals surface area contributed by atoms with E-state index in [1.807, 2.05) is 19.9 Å². The van der Waals surface area contributed by atoms with E-state index in [2.05, 4.69) is 38.0 Å². The lowest BCUT2D eigenvalue weighted by Gasteiger charge is -2.37. The van der Waals surface area contributed by atoms with Gasteiger partial charge in [0.25, 0.3) is 0 Å². The quantitative estimate of drug-likeness (QED) is 0.843. The van der Waals surface area contributed by atoms with Crippen molar-refractivity contribution in [1.82, 2.24) is 20.0 Å². The summed E-state index contributed by atoms with van der Waals surface area (Å²) < 4.78 is 5.28.